The van der Waals surface area contributed by atoms with E-state index in [1.54, 1.807) is 12.4 Å². The van der Waals surface area contributed by atoms with Crippen molar-refractivity contribution in [2.24, 2.45) is 0 Å². The van der Waals surface area contributed by atoms with Crippen LogP contribution in [-0.2, 0) is 6.54 Å². The van der Waals surface area contributed by atoms with Crippen LogP contribution in [0.2, 0.25) is 0 Å². The second kappa shape index (κ2) is 6.39. The summed E-state index contributed by atoms with van der Waals surface area (Å²) in [5.74, 6) is 1.61. The third-order valence-electron chi connectivity index (χ3n) is 3.55. The lowest BCUT2D eigenvalue weighted by atomic mass is 10.1. The first kappa shape index (κ1) is 14.3. The van der Waals surface area contributed by atoms with Gasteiger partial charge < -0.3 is 4.74 Å². The number of hydrogen-bond acceptors (Lipinski definition) is 2. The van der Waals surface area contributed by atoms with Crippen molar-refractivity contribution in [2.45, 2.75) is 20.4 Å². The van der Waals surface area contributed by atoms with E-state index < -0.39 is 0 Å². The maximum atomic E-state index is 6.09. The quantitative estimate of drug-likeness (QED) is 0.683. The van der Waals surface area contributed by atoms with Crippen LogP contribution in [0.4, 0.5) is 0 Å². The molecule has 3 rings (SSSR count). The Labute approximate surface area is 130 Å². The van der Waals surface area contributed by atoms with E-state index in [-0.39, 0.29) is 0 Å². The van der Waals surface area contributed by atoms with Crippen LogP contribution in [0.15, 0.2) is 67.1 Å². The number of ether oxygens (including phenoxy) is 1. The van der Waals surface area contributed by atoms with Crippen LogP contribution in [0.25, 0.3) is 0 Å². The molecule has 1 aromatic heterocycles. The molecule has 0 aliphatic carbocycles. The van der Waals surface area contributed by atoms with Crippen molar-refractivity contribution in [3.05, 3.63) is 83.8 Å². The lowest BCUT2D eigenvalue weighted by Crippen LogP contribution is -2.35. The van der Waals surface area contributed by atoms with E-state index in [1.165, 1.54) is 11.1 Å². The minimum Gasteiger partial charge on any atom is -0.404 e. The van der Waals surface area contributed by atoms with Crippen molar-refractivity contribution in [2.75, 3.05) is 0 Å². The Morgan fingerprint density at radius 1 is 1.05 bits per heavy atom. The Kier molecular flexibility index (Phi) is 4.15. The average Bonchev–Trinajstić information content (AvgIpc) is 2.54. The van der Waals surface area contributed by atoms with Gasteiger partial charge in [0, 0.05) is 5.56 Å². The number of aryl methyl sites for hydroxylation is 2. The smallest absolute Gasteiger partial charge is 0.392 e. The van der Waals surface area contributed by atoms with Crippen molar-refractivity contribution in [1.29, 1.82) is 0 Å². The fourth-order valence-corrected chi connectivity index (χ4v) is 2.30. The molecule has 1 heterocycles. The van der Waals surface area contributed by atoms with Gasteiger partial charge in [0.05, 0.1) is 6.20 Å². The van der Waals surface area contributed by atoms with Crippen molar-refractivity contribution in [3.8, 4) is 11.6 Å². The van der Waals surface area contributed by atoms with Gasteiger partial charge in [0.2, 0.25) is 0 Å². The summed E-state index contributed by atoms with van der Waals surface area (Å²) in [4.78, 5) is 4.19. The average molecular weight is 291 g/mol. The van der Waals surface area contributed by atoms with Crippen molar-refractivity contribution in [3.63, 3.8) is 0 Å². The van der Waals surface area contributed by atoms with Gasteiger partial charge in [0.25, 0.3) is 0 Å². The van der Waals surface area contributed by atoms with Crippen LogP contribution in [-0.4, -0.2) is 4.98 Å². The third-order valence-corrected chi connectivity index (χ3v) is 3.55. The summed E-state index contributed by atoms with van der Waals surface area (Å²) in [6, 6.07) is 16.5. The molecular weight excluding hydrogens is 272 g/mol. The SMILES string of the molecule is Cc1ccc(C)c(Oc2cncc[n+]2Cc2ccccc2)c1. The third kappa shape index (κ3) is 3.31. The van der Waals surface area contributed by atoms with Crippen molar-refractivity contribution in [1.82, 2.24) is 4.98 Å². The van der Waals surface area contributed by atoms with Crippen LogP contribution >= 0.6 is 0 Å². The highest BCUT2D eigenvalue weighted by atomic mass is 16.5. The molecule has 0 saturated carbocycles. The predicted molar refractivity (Wildman–Crippen MR) is 86.0 cm³/mol. The van der Waals surface area contributed by atoms with Crippen LogP contribution in [0, 0.1) is 13.8 Å². The molecule has 0 aliphatic rings. The molecular formula is C19H19N2O+. The standard InChI is InChI=1S/C19H19N2O/c1-15-8-9-16(2)18(12-15)22-19-13-20-10-11-21(19)14-17-6-4-3-5-7-17/h3-13H,14H2,1-2H3/q+1. The van der Waals surface area contributed by atoms with Gasteiger partial charge >= 0.3 is 5.88 Å². The summed E-state index contributed by atoms with van der Waals surface area (Å²) < 4.78 is 8.15. The van der Waals surface area contributed by atoms with Gasteiger partial charge in [-0.25, -0.2) is 4.98 Å². The fraction of sp³-hybridized carbons (Fsp3) is 0.158. The van der Waals surface area contributed by atoms with Gasteiger partial charge in [-0.1, -0.05) is 42.5 Å². The highest BCUT2D eigenvalue weighted by molar-refractivity contribution is 5.37. The number of hydrogen-bond donors (Lipinski definition) is 0. The molecule has 0 saturated heterocycles. The first-order valence-corrected chi connectivity index (χ1v) is 7.35. The molecule has 0 atom stereocenters. The van der Waals surface area contributed by atoms with Gasteiger partial charge in [-0.3, -0.25) is 0 Å². The van der Waals surface area contributed by atoms with Gasteiger partial charge in [-0.15, -0.1) is 0 Å². The number of benzene rings is 2. The molecule has 110 valence electrons. The summed E-state index contributed by atoms with van der Waals surface area (Å²) in [6.45, 7) is 4.86. The number of aromatic nitrogens is 2. The fourth-order valence-electron chi connectivity index (χ4n) is 2.30. The molecule has 0 amide bonds. The molecule has 3 heteroatoms. The molecule has 22 heavy (non-hydrogen) atoms. The Morgan fingerprint density at radius 3 is 2.68 bits per heavy atom. The Balaban J connectivity index is 1.90. The zero-order chi connectivity index (χ0) is 15.4. The van der Waals surface area contributed by atoms with Gasteiger partial charge in [-0.2, -0.15) is 4.57 Å². The van der Waals surface area contributed by atoms with E-state index in [4.69, 9.17) is 4.74 Å². The Hall–Kier alpha value is -2.68. The highest BCUT2D eigenvalue weighted by Crippen LogP contribution is 2.23. The molecule has 3 nitrogen and oxygen atoms in total. The summed E-state index contributed by atoms with van der Waals surface area (Å²) in [5, 5.41) is 0. The van der Waals surface area contributed by atoms with E-state index in [0.29, 0.717) is 0 Å². The molecule has 0 spiro atoms. The minimum absolute atomic E-state index is 0.736. The topological polar surface area (TPSA) is 26.0 Å². The normalized spacial score (nSPS) is 10.5. The minimum atomic E-state index is 0.736. The van der Waals surface area contributed by atoms with Crippen LogP contribution < -0.4 is 9.30 Å². The lowest BCUT2D eigenvalue weighted by molar-refractivity contribution is -0.692. The molecule has 0 radical (unpaired) electrons. The van der Waals surface area contributed by atoms with E-state index in [2.05, 4.69) is 46.8 Å². The molecule has 0 bridgehead atoms. The number of nitrogens with zero attached hydrogens (tertiary/aromatic N) is 2. The van der Waals surface area contributed by atoms with Crippen LogP contribution in [0.3, 0.4) is 0 Å². The Morgan fingerprint density at radius 2 is 1.86 bits per heavy atom. The molecule has 3 aromatic rings. The molecule has 0 aliphatic heterocycles. The zero-order valence-electron chi connectivity index (χ0n) is 12.9. The van der Waals surface area contributed by atoms with Gasteiger partial charge in [0.1, 0.15) is 11.9 Å². The maximum absolute atomic E-state index is 6.09. The van der Waals surface area contributed by atoms with Crippen molar-refractivity contribution >= 4 is 0 Å². The first-order chi connectivity index (χ1) is 10.7. The van der Waals surface area contributed by atoms with Gasteiger partial charge in [0.15, 0.2) is 12.7 Å². The zero-order valence-corrected chi connectivity index (χ0v) is 12.9. The predicted octanol–water partition coefficient (Wildman–Crippen LogP) is 3.83. The summed E-state index contributed by atoms with van der Waals surface area (Å²) in [6.07, 6.45) is 5.47. The second-order valence-electron chi connectivity index (χ2n) is 5.40. The maximum Gasteiger partial charge on any atom is 0.392 e. The first-order valence-electron chi connectivity index (χ1n) is 7.35. The summed E-state index contributed by atoms with van der Waals surface area (Å²) in [5.41, 5.74) is 3.52. The van der Waals surface area contributed by atoms with E-state index in [9.17, 15) is 0 Å². The lowest BCUT2D eigenvalue weighted by Gasteiger charge is -2.08. The molecule has 0 unspecified atom stereocenters. The Bertz CT molecular complexity index is 769. The van der Waals surface area contributed by atoms with E-state index in [1.807, 2.05) is 31.3 Å². The summed E-state index contributed by atoms with van der Waals surface area (Å²) >= 11 is 0. The molecule has 2 aromatic carbocycles. The largest absolute Gasteiger partial charge is 0.404 e. The summed E-state index contributed by atoms with van der Waals surface area (Å²) in [7, 11) is 0. The van der Waals surface area contributed by atoms with E-state index in [0.717, 1.165) is 23.7 Å². The highest BCUT2D eigenvalue weighted by Gasteiger charge is 2.14. The van der Waals surface area contributed by atoms with Gasteiger partial charge in [-0.05, 0) is 31.0 Å². The van der Waals surface area contributed by atoms with E-state index >= 15 is 0 Å². The second-order valence-corrected chi connectivity index (χ2v) is 5.40. The number of rotatable bonds is 4. The monoisotopic (exact) mass is 291 g/mol. The molecule has 0 N–H and O–H groups in total. The molecule has 0 fully saturated rings. The van der Waals surface area contributed by atoms with Crippen LogP contribution in [0.5, 0.6) is 11.6 Å². The van der Waals surface area contributed by atoms with Crippen LogP contribution in [0.1, 0.15) is 16.7 Å². The van der Waals surface area contributed by atoms with Crippen molar-refractivity contribution < 1.29 is 9.30 Å².